The lowest BCUT2D eigenvalue weighted by Crippen LogP contribution is -2.07. The van der Waals surface area contributed by atoms with E-state index in [9.17, 15) is 23.3 Å². The van der Waals surface area contributed by atoms with Crippen LogP contribution in [0, 0.1) is 10.1 Å². The third-order valence-corrected chi connectivity index (χ3v) is 3.51. The second-order valence-electron chi connectivity index (χ2n) is 5.47. The van der Waals surface area contributed by atoms with Crippen molar-refractivity contribution in [2.45, 2.75) is 19.5 Å². The fraction of sp³-hybridized carbons (Fsp3) is 0.235. The predicted molar refractivity (Wildman–Crippen MR) is 91.5 cm³/mol. The van der Waals surface area contributed by atoms with Gasteiger partial charge in [-0.3, -0.25) is 15.5 Å². The van der Waals surface area contributed by atoms with Gasteiger partial charge in [-0.05, 0) is 36.8 Å². The van der Waals surface area contributed by atoms with Crippen molar-refractivity contribution in [3.63, 3.8) is 0 Å². The molecule has 0 amide bonds. The highest BCUT2D eigenvalue weighted by Crippen LogP contribution is 2.34. The van der Waals surface area contributed by atoms with Crippen LogP contribution in [0.4, 0.5) is 24.5 Å². The number of benzene rings is 2. The van der Waals surface area contributed by atoms with Crippen molar-refractivity contribution < 1.29 is 22.8 Å². The normalized spacial score (nSPS) is 12.0. The van der Waals surface area contributed by atoms with Crippen LogP contribution in [-0.2, 0) is 12.6 Å². The van der Waals surface area contributed by atoms with Crippen molar-refractivity contribution in [2.75, 3.05) is 12.5 Å². The lowest BCUT2D eigenvalue weighted by Gasteiger charge is -2.09. The standard InChI is InChI=1S/C17H16F3N3O3/c1-11(9-12-3-6-14(26-2)7-4-12)21-22-15-8-5-13(17(18,19)20)10-16(15)23(24)25/h3-8,10,22H,9H2,1-2H3/b21-11-. The van der Waals surface area contributed by atoms with Crippen molar-refractivity contribution in [3.8, 4) is 5.75 Å². The van der Waals surface area contributed by atoms with Gasteiger partial charge in [0.2, 0.25) is 0 Å². The summed E-state index contributed by atoms with van der Waals surface area (Å²) in [4.78, 5) is 10.2. The maximum Gasteiger partial charge on any atom is 0.416 e. The maximum absolute atomic E-state index is 12.7. The molecule has 0 aliphatic carbocycles. The molecule has 6 nitrogen and oxygen atoms in total. The molecule has 1 N–H and O–H groups in total. The molecule has 0 unspecified atom stereocenters. The zero-order valence-electron chi connectivity index (χ0n) is 14.0. The molecular formula is C17H16F3N3O3. The number of methoxy groups -OCH3 is 1. The summed E-state index contributed by atoms with van der Waals surface area (Å²) in [6, 6.07) is 9.51. The van der Waals surface area contributed by atoms with Gasteiger partial charge in [-0.25, -0.2) is 0 Å². The number of anilines is 1. The number of rotatable bonds is 6. The van der Waals surface area contributed by atoms with Crippen molar-refractivity contribution in [1.82, 2.24) is 0 Å². The molecule has 0 saturated heterocycles. The number of halogens is 3. The van der Waals surface area contributed by atoms with Crippen LogP contribution in [0.3, 0.4) is 0 Å². The fourth-order valence-electron chi connectivity index (χ4n) is 2.19. The predicted octanol–water partition coefficient (Wildman–Crippen LogP) is 4.65. The van der Waals surface area contributed by atoms with E-state index in [1.807, 2.05) is 12.1 Å². The zero-order valence-corrected chi connectivity index (χ0v) is 14.0. The van der Waals surface area contributed by atoms with Crippen LogP contribution in [0.2, 0.25) is 0 Å². The van der Waals surface area contributed by atoms with Gasteiger partial charge in [0, 0.05) is 18.2 Å². The van der Waals surface area contributed by atoms with Gasteiger partial charge in [0.1, 0.15) is 11.4 Å². The molecule has 0 saturated carbocycles. The Hall–Kier alpha value is -3.10. The lowest BCUT2D eigenvalue weighted by atomic mass is 10.1. The second-order valence-corrected chi connectivity index (χ2v) is 5.47. The number of hydrazone groups is 1. The Balaban J connectivity index is 2.16. The van der Waals surface area contributed by atoms with E-state index in [1.54, 1.807) is 26.2 Å². The van der Waals surface area contributed by atoms with Crippen LogP contribution >= 0.6 is 0 Å². The molecule has 0 atom stereocenters. The third-order valence-electron chi connectivity index (χ3n) is 3.51. The second kappa shape index (κ2) is 7.85. The van der Waals surface area contributed by atoms with Crippen LogP contribution in [0.5, 0.6) is 5.75 Å². The molecule has 2 aromatic carbocycles. The number of hydrogen-bond donors (Lipinski definition) is 1. The van der Waals surface area contributed by atoms with Crippen molar-refractivity contribution in [1.29, 1.82) is 0 Å². The van der Waals surface area contributed by atoms with E-state index in [4.69, 9.17) is 4.74 Å². The average Bonchev–Trinajstić information content (AvgIpc) is 2.59. The summed E-state index contributed by atoms with van der Waals surface area (Å²) < 4.78 is 43.1. The Morgan fingerprint density at radius 3 is 2.42 bits per heavy atom. The maximum atomic E-state index is 12.7. The first-order chi connectivity index (χ1) is 12.2. The summed E-state index contributed by atoms with van der Waals surface area (Å²) in [7, 11) is 1.56. The van der Waals surface area contributed by atoms with Crippen LogP contribution in [0.25, 0.3) is 0 Å². The van der Waals surface area contributed by atoms with E-state index in [-0.39, 0.29) is 5.69 Å². The van der Waals surface area contributed by atoms with E-state index in [1.165, 1.54) is 0 Å². The van der Waals surface area contributed by atoms with Crippen LogP contribution in [-0.4, -0.2) is 17.7 Å². The number of nitro groups is 1. The first kappa shape index (κ1) is 19.2. The largest absolute Gasteiger partial charge is 0.497 e. The monoisotopic (exact) mass is 367 g/mol. The van der Waals surface area contributed by atoms with Crippen LogP contribution in [0.1, 0.15) is 18.1 Å². The quantitative estimate of drug-likeness (QED) is 0.458. The van der Waals surface area contributed by atoms with Crippen molar-refractivity contribution in [3.05, 3.63) is 63.7 Å². The molecule has 0 heterocycles. The molecule has 0 aliphatic heterocycles. The molecule has 0 bridgehead atoms. The fourth-order valence-corrected chi connectivity index (χ4v) is 2.19. The van der Waals surface area contributed by atoms with Gasteiger partial charge < -0.3 is 4.74 Å². The highest BCUT2D eigenvalue weighted by molar-refractivity contribution is 5.85. The molecule has 0 radical (unpaired) electrons. The summed E-state index contributed by atoms with van der Waals surface area (Å²) >= 11 is 0. The van der Waals surface area contributed by atoms with Gasteiger partial charge in [0.05, 0.1) is 17.6 Å². The van der Waals surface area contributed by atoms with Gasteiger partial charge in [-0.15, -0.1) is 0 Å². The Labute approximate surface area is 147 Å². The Morgan fingerprint density at radius 1 is 1.23 bits per heavy atom. The van der Waals surface area contributed by atoms with E-state index in [2.05, 4.69) is 10.5 Å². The number of ether oxygens (including phenoxy) is 1. The topological polar surface area (TPSA) is 76.8 Å². The Kier molecular flexibility index (Phi) is 5.81. The van der Waals surface area contributed by atoms with Gasteiger partial charge in [0.25, 0.3) is 5.69 Å². The Morgan fingerprint density at radius 2 is 1.88 bits per heavy atom. The van der Waals surface area contributed by atoms with E-state index < -0.39 is 22.4 Å². The van der Waals surface area contributed by atoms with E-state index in [0.717, 1.165) is 17.7 Å². The van der Waals surface area contributed by atoms with Gasteiger partial charge in [0.15, 0.2) is 0 Å². The van der Waals surface area contributed by atoms with Crippen molar-refractivity contribution >= 4 is 17.1 Å². The number of nitrogens with one attached hydrogen (secondary N) is 1. The number of nitro benzene ring substituents is 1. The molecule has 2 rings (SSSR count). The molecule has 0 fully saturated rings. The minimum absolute atomic E-state index is 0.114. The minimum Gasteiger partial charge on any atom is -0.497 e. The van der Waals surface area contributed by atoms with Crippen LogP contribution in [0.15, 0.2) is 47.6 Å². The highest BCUT2D eigenvalue weighted by Gasteiger charge is 2.33. The summed E-state index contributed by atoms with van der Waals surface area (Å²) in [6.45, 7) is 1.70. The molecule has 9 heteroatoms. The Bertz CT molecular complexity index is 818. The average molecular weight is 367 g/mol. The lowest BCUT2D eigenvalue weighted by molar-refractivity contribution is -0.384. The summed E-state index contributed by atoms with van der Waals surface area (Å²) in [6.07, 6.45) is -4.19. The number of alkyl halides is 3. The first-order valence-electron chi connectivity index (χ1n) is 7.48. The van der Waals surface area contributed by atoms with Gasteiger partial charge in [-0.2, -0.15) is 18.3 Å². The summed E-state index contributed by atoms with van der Waals surface area (Å²) in [5, 5.41) is 15.1. The smallest absolute Gasteiger partial charge is 0.416 e. The molecule has 26 heavy (non-hydrogen) atoms. The molecule has 138 valence electrons. The minimum atomic E-state index is -4.66. The van der Waals surface area contributed by atoms with Crippen LogP contribution < -0.4 is 10.2 Å². The zero-order chi connectivity index (χ0) is 19.3. The molecule has 0 spiro atoms. The molecule has 2 aromatic rings. The highest BCUT2D eigenvalue weighted by atomic mass is 19.4. The molecule has 0 aliphatic rings. The van der Waals surface area contributed by atoms with Gasteiger partial charge >= 0.3 is 6.18 Å². The molecule has 0 aromatic heterocycles. The summed E-state index contributed by atoms with van der Waals surface area (Å²) in [5.74, 6) is 0.710. The van der Waals surface area contributed by atoms with Gasteiger partial charge in [-0.1, -0.05) is 12.1 Å². The third kappa shape index (κ3) is 4.95. The number of hydrogen-bond acceptors (Lipinski definition) is 5. The van der Waals surface area contributed by atoms with E-state index in [0.29, 0.717) is 23.9 Å². The van der Waals surface area contributed by atoms with E-state index >= 15 is 0 Å². The number of nitrogens with zero attached hydrogens (tertiary/aromatic N) is 2. The summed E-state index contributed by atoms with van der Waals surface area (Å²) in [5.41, 5.74) is 2.12. The van der Waals surface area contributed by atoms with Crippen molar-refractivity contribution in [2.24, 2.45) is 5.10 Å². The first-order valence-corrected chi connectivity index (χ1v) is 7.48. The SMILES string of the molecule is COc1ccc(C/C(C)=N\Nc2ccc(C(F)(F)F)cc2[N+](=O)[O-])cc1. The molecular weight excluding hydrogens is 351 g/mol.